The molecule has 0 saturated carbocycles. The van der Waals surface area contributed by atoms with Gasteiger partial charge in [-0.2, -0.15) is 5.10 Å². The van der Waals surface area contributed by atoms with Crippen molar-refractivity contribution in [2.24, 2.45) is 0 Å². The molecule has 0 aliphatic rings. The summed E-state index contributed by atoms with van der Waals surface area (Å²) in [5.41, 5.74) is 4.24. The summed E-state index contributed by atoms with van der Waals surface area (Å²) in [5.74, 6) is 0.505. The topological polar surface area (TPSA) is 38.0 Å². The van der Waals surface area contributed by atoms with Crippen LogP contribution in [0.3, 0.4) is 0 Å². The molecule has 0 unspecified atom stereocenters. The molecule has 0 fully saturated rings. The van der Waals surface area contributed by atoms with Crippen LogP contribution < -0.4 is 0 Å². The van der Waals surface area contributed by atoms with Crippen molar-refractivity contribution in [1.82, 2.24) is 9.78 Å². The maximum absolute atomic E-state index is 9.89. The number of nitrogens with zero attached hydrogens (tertiary/aromatic N) is 2. The van der Waals surface area contributed by atoms with Crippen molar-refractivity contribution < 1.29 is 5.11 Å². The number of benzene rings is 1. The molecule has 0 amide bonds. The Morgan fingerprint density at radius 2 is 1.82 bits per heavy atom. The number of aromatic hydroxyl groups is 1. The Bertz CT molecular complexity index is 541. The van der Waals surface area contributed by atoms with Gasteiger partial charge in [0.25, 0.3) is 0 Å². The van der Waals surface area contributed by atoms with Crippen LogP contribution >= 0.6 is 0 Å². The van der Waals surface area contributed by atoms with Gasteiger partial charge in [0.2, 0.25) is 5.88 Å². The molecule has 0 aliphatic heterocycles. The van der Waals surface area contributed by atoms with Crippen molar-refractivity contribution >= 4 is 0 Å². The van der Waals surface area contributed by atoms with Gasteiger partial charge in [-0.05, 0) is 43.0 Å². The molecule has 0 aliphatic carbocycles. The van der Waals surface area contributed by atoms with Crippen molar-refractivity contribution in [2.75, 3.05) is 0 Å². The lowest BCUT2D eigenvalue weighted by Gasteiger charge is -2.06. The highest BCUT2D eigenvalue weighted by atomic mass is 16.3. The van der Waals surface area contributed by atoms with Gasteiger partial charge in [0.15, 0.2) is 0 Å². The molecular formula is C14H18N2O. The highest BCUT2D eigenvalue weighted by Crippen LogP contribution is 2.23. The highest BCUT2D eigenvalue weighted by Gasteiger charge is 2.11. The molecule has 3 nitrogen and oxygen atoms in total. The predicted molar refractivity (Wildman–Crippen MR) is 68.8 cm³/mol. The quantitative estimate of drug-likeness (QED) is 0.859. The van der Waals surface area contributed by atoms with E-state index in [4.69, 9.17) is 0 Å². The lowest BCUT2D eigenvalue weighted by Crippen LogP contribution is -1.98. The Morgan fingerprint density at radius 1 is 1.12 bits per heavy atom. The predicted octanol–water partition coefficient (Wildman–Crippen LogP) is 3.32. The first-order valence-corrected chi connectivity index (χ1v) is 5.85. The molecule has 0 radical (unpaired) electrons. The average molecular weight is 230 g/mol. The fourth-order valence-electron chi connectivity index (χ4n) is 1.72. The van der Waals surface area contributed by atoms with Gasteiger partial charge in [-0.3, -0.25) is 0 Å². The molecule has 0 atom stereocenters. The van der Waals surface area contributed by atoms with Crippen molar-refractivity contribution in [1.29, 1.82) is 0 Å². The van der Waals surface area contributed by atoms with Crippen LogP contribution in [0, 0.1) is 13.8 Å². The van der Waals surface area contributed by atoms with Crippen molar-refractivity contribution in [3.63, 3.8) is 0 Å². The minimum absolute atomic E-state index is 0.192. The third-order valence-electron chi connectivity index (χ3n) is 3.04. The second-order valence-corrected chi connectivity index (χ2v) is 4.76. The molecule has 90 valence electrons. The maximum Gasteiger partial charge on any atom is 0.214 e. The third-order valence-corrected chi connectivity index (χ3v) is 3.04. The second kappa shape index (κ2) is 4.24. The van der Waals surface area contributed by atoms with E-state index < -0.39 is 0 Å². The molecule has 1 aromatic heterocycles. The van der Waals surface area contributed by atoms with Gasteiger partial charge in [0.05, 0.1) is 11.4 Å². The number of hydrogen-bond acceptors (Lipinski definition) is 2. The Kier molecular flexibility index (Phi) is 2.92. The molecule has 1 N–H and O–H groups in total. The molecule has 1 aromatic carbocycles. The van der Waals surface area contributed by atoms with E-state index in [1.807, 2.05) is 18.2 Å². The summed E-state index contributed by atoms with van der Waals surface area (Å²) >= 11 is 0. The average Bonchev–Trinajstić information content (AvgIpc) is 2.65. The van der Waals surface area contributed by atoms with Crippen LogP contribution in [0.15, 0.2) is 24.3 Å². The molecule has 17 heavy (non-hydrogen) atoms. The van der Waals surface area contributed by atoms with Gasteiger partial charge in [0, 0.05) is 6.07 Å². The fourth-order valence-corrected chi connectivity index (χ4v) is 1.72. The van der Waals surface area contributed by atoms with Gasteiger partial charge < -0.3 is 5.11 Å². The smallest absolute Gasteiger partial charge is 0.214 e. The molecular weight excluding hydrogens is 212 g/mol. The van der Waals surface area contributed by atoms with Crippen LogP contribution in [0.4, 0.5) is 0 Å². The third kappa shape index (κ3) is 2.18. The van der Waals surface area contributed by atoms with Crippen LogP contribution in [0.25, 0.3) is 5.69 Å². The fraction of sp³-hybridized carbons (Fsp3) is 0.357. The monoisotopic (exact) mass is 230 g/mol. The van der Waals surface area contributed by atoms with E-state index in [9.17, 15) is 5.11 Å². The van der Waals surface area contributed by atoms with Gasteiger partial charge in [-0.1, -0.05) is 19.9 Å². The van der Waals surface area contributed by atoms with Gasteiger partial charge >= 0.3 is 0 Å². The number of aromatic nitrogens is 2. The Morgan fingerprint density at radius 3 is 2.35 bits per heavy atom. The van der Waals surface area contributed by atoms with Crippen LogP contribution in [0.2, 0.25) is 0 Å². The van der Waals surface area contributed by atoms with Gasteiger partial charge in [-0.25, -0.2) is 4.68 Å². The van der Waals surface area contributed by atoms with E-state index in [0.717, 1.165) is 11.4 Å². The summed E-state index contributed by atoms with van der Waals surface area (Å²) in [6.45, 7) is 8.25. The summed E-state index contributed by atoms with van der Waals surface area (Å²) in [4.78, 5) is 0. The maximum atomic E-state index is 9.89. The molecule has 2 aromatic rings. The first-order chi connectivity index (χ1) is 7.99. The Balaban J connectivity index is 2.49. The van der Waals surface area contributed by atoms with Gasteiger partial charge in [0.1, 0.15) is 0 Å². The molecule has 3 heteroatoms. The van der Waals surface area contributed by atoms with E-state index in [0.29, 0.717) is 5.92 Å². The summed E-state index contributed by atoms with van der Waals surface area (Å²) < 4.78 is 1.59. The Hall–Kier alpha value is -1.77. The van der Waals surface area contributed by atoms with E-state index >= 15 is 0 Å². The first kappa shape index (κ1) is 11.7. The minimum atomic E-state index is 0.192. The zero-order valence-corrected chi connectivity index (χ0v) is 10.7. The lowest BCUT2D eigenvalue weighted by molar-refractivity contribution is 0.433. The normalized spacial score (nSPS) is 11.1. The highest BCUT2D eigenvalue weighted by molar-refractivity contribution is 5.41. The van der Waals surface area contributed by atoms with Crippen LogP contribution in [-0.2, 0) is 0 Å². The van der Waals surface area contributed by atoms with E-state index in [-0.39, 0.29) is 5.88 Å². The van der Waals surface area contributed by atoms with Crippen molar-refractivity contribution in [3.05, 3.63) is 41.1 Å². The number of hydrogen-bond donors (Lipinski definition) is 1. The molecule has 0 spiro atoms. The largest absolute Gasteiger partial charge is 0.493 e. The van der Waals surface area contributed by atoms with Crippen LogP contribution in [0.1, 0.15) is 36.6 Å². The molecule has 1 heterocycles. The SMILES string of the molecule is Cc1ccc(-n2nc(C(C)C)cc2O)cc1C. The molecule has 0 saturated heterocycles. The zero-order chi connectivity index (χ0) is 12.6. The number of rotatable bonds is 2. The standard InChI is InChI=1S/C14H18N2O/c1-9(2)13-8-14(17)16(15-13)12-6-5-10(3)11(4)7-12/h5-9,17H,1-4H3. The first-order valence-electron chi connectivity index (χ1n) is 5.85. The zero-order valence-electron chi connectivity index (χ0n) is 10.7. The summed E-state index contributed by atoms with van der Waals surface area (Å²) in [6.07, 6.45) is 0. The summed E-state index contributed by atoms with van der Waals surface area (Å²) in [6, 6.07) is 7.77. The summed E-state index contributed by atoms with van der Waals surface area (Å²) in [7, 11) is 0. The molecule has 2 rings (SSSR count). The van der Waals surface area contributed by atoms with Gasteiger partial charge in [-0.15, -0.1) is 0 Å². The van der Waals surface area contributed by atoms with Crippen molar-refractivity contribution in [2.45, 2.75) is 33.6 Å². The van der Waals surface area contributed by atoms with E-state index in [1.165, 1.54) is 11.1 Å². The van der Waals surface area contributed by atoms with E-state index in [1.54, 1.807) is 10.7 Å². The number of aryl methyl sites for hydroxylation is 2. The van der Waals surface area contributed by atoms with Crippen molar-refractivity contribution in [3.8, 4) is 11.6 Å². The van der Waals surface area contributed by atoms with Crippen LogP contribution in [0.5, 0.6) is 5.88 Å². The second-order valence-electron chi connectivity index (χ2n) is 4.76. The molecule has 0 bridgehead atoms. The lowest BCUT2D eigenvalue weighted by atomic mass is 10.1. The Labute approximate surface area is 102 Å². The van der Waals surface area contributed by atoms with Crippen LogP contribution in [-0.4, -0.2) is 14.9 Å². The van der Waals surface area contributed by atoms with E-state index in [2.05, 4.69) is 32.8 Å². The minimum Gasteiger partial charge on any atom is -0.493 e. The summed E-state index contributed by atoms with van der Waals surface area (Å²) in [5, 5.41) is 14.3.